The summed E-state index contributed by atoms with van der Waals surface area (Å²) in [6.07, 6.45) is 0. The number of aryl methyl sites for hydroxylation is 2. The Morgan fingerprint density at radius 3 is 2.21 bits per heavy atom. The number of hydrogen-bond acceptors (Lipinski definition) is 1. The molecule has 1 aromatic heterocycles. The van der Waals surface area contributed by atoms with E-state index in [1.807, 2.05) is 6.07 Å². The molecule has 4 aromatic rings. The molecule has 0 aliphatic heterocycles. The zero-order chi connectivity index (χ0) is 16.5. The van der Waals surface area contributed by atoms with E-state index < -0.39 is 0 Å². The normalized spacial score (nSPS) is 10.9. The minimum atomic E-state index is 1.02. The summed E-state index contributed by atoms with van der Waals surface area (Å²) >= 11 is 0. The molecule has 3 aromatic carbocycles. The predicted molar refractivity (Wildman–Crippen MR) is 102 cm³/mol. The molecule has 0 amide bonds. The van der Waals surface area contributed by atoms with Crippen LogP contribution in [0.5, 0.6) is 0 Å². The molecule has 0 N–H and O–H groups in total. The molecule has 0 aliphatic carbocycles. The van der Waals surface area contributed by atoms with Crippen LogP contribution in [-0.4, -0.2) is 4.98 Å². The van der Waals surface area contributed by atoms with Crippen LogP contribution in [0.15, 0.2) is 78.9 Å². The van der Waals surface area contributed by atoms with E-state index in [1.54, 1.807) is 0 Å². The van der Waals surface area contributed by atoms with Crippen LogP contribution in [0.1, 0.15) is 11.1 Å². The van der Waals surface area contributed by atoms with Crippen molar-refractivity contribution in [3.8, 4) is 22.4 Å². The lowest BCUT2D eigenvalue weighted by Crippen LogP contribution is -1.90. The Balaban J connectivity index is 1.99. The van der Waals surface area contributed by atoms with Gasteiger partial charge in [0.2, 0.25) is 0 Å². The Morgan fingerprint density at radius 1 is 0.625 bits per heavy atom. The van der Waals surface area contributed by atoms with Gasteiger partial charge in [-0.05, 0) is 43.2 Å². The first-order valence-corrected chi connectivity index (χ1v) is 8.24. The second kappa shape index (κ2) is 5.93. The average molecular weight is 309 g/mol. The molecule has 0 saturated heterocycles. The molecule has 0 fully saturated rings. The number of para-hydroxylation sites is 1. The maximum atomic E-state index is 4.89. The third-order valence-corrected chi connectivity index (χ3v) is 4.39. The molecule has 0 saturated carbocycles. The van der Waals surface area contributed by atoms with E-state index >= 15 is 0 Å². The summed E-state index contributed by atoms with van der Waals surface area (Å²) in [7, 11) is 0. The van der Waals surface area contributed by atoms with Gasteiger partial charge in [0.15, 0.2) is 0 Å². The molecule has 0 bridgehead atoms. The van der Waals surface area contributed by atoms with Gasteiger partial charge in [0.1, 0.15) is 0 Å². The van der Waals surface area contributed by atoms with Gasteiger partial charge in [0.25, 0.3) is 0 Å². The summed E-state index contributed by atoms with van der Waals surface area (Å²) in [5, 5.41) is 1.19. The molecule has 0 aliphatic rings. The van der Waals surface area contributed by atoms with Gasteiger partial charge >= 0.3 is 0 Å². The minimum Gasteiger partial charge on any atom is -0.248 e. The van der Waals surface area contributed by atoms with Crippen LogP contribution < -0.4 is 0 Å². The quantitative estimate of drug-likeness (QED) is 0.430. The molecule has 24 heavy (non-hydrogen) atoms. The van der Waals surface area contributed by atoms with Crippen molar-refractivity contribution >= 4 is 10.9 Å². The van der Waals surface area contributed by atoms with Crippen LogP contribution in [0.3, 0.4) is 0 Å². The van der Waals surface area contributed by atoms with Gasteiger partial charge < -0.3 is 0 Å². The van der Waals surface area contributed by atoms with Crippen LogP contribution in [0.2, 0.25) is 0 Å². The number of aromatic nitrogens is 1. The van der Waals surface area contributed by atoms with Gasteiger partial charge in [-0.15, -0.1) is 0 Å². The topological polar surface area (TPSA) is 12.9 Å². The van der Waals surface area contributed by atoms with Gasteiger partial charge in [0.05, 0.1) is 11.2 Å². The van der Waals surface area contributed by atoms with Gasteiger partial charge in [-0.25, -0.2) is 4.98 Å². The van der Waals surface area contributed by atoms with Gasteiger partial charge in [-0.3, -0.25) is 0 Å². The fraction of sp³-hybridized carbons (Fsp3) is 0.0870. The van der Waals surface area contributed by atoms with Crippen LogP contribution >= 0.6 is 0 Å². The Hall–Kier alpha value is -2.93. The van der Waals surface area contributed by atoms with Crippen molar-refractivity contribution in [2.75, 3.05) is 0 Å². The minimum absolute atomic E-state index is 1.02. The largest absolute Gasteiger partial charge is 0.248 e. The smallest absolute Gasteiger partial charge is 0.0716 e. The van der Waals surface area contributed by atoms with Crippen LogP contribution in [0.4, 0.5) is 0 Å². The predicted octanol–water partition coefficient (Wildman–Crippen LogP) is 6.19. The highest BCUT2D eigenvalue weighted by atomic mass is 14.7. The standard InChI is InChI=1S/C23H19N/c1-16-10-12-18(13-11-16)21-15-23(19-7-5-6-17(2)14-19)24-22-9-4-3-8-20(21)22/h3-15H,1-2H3. The van der Waals surface area contributed by atoms with Crippen molar-refractivity contribution in [2.24, 2.45) is 0 Å². The molecule has 1 heterocycles. The molecule has 0 radical (unpaired) electrons. The van der Waals surface area contributed by atoms with Crippen LogP contribution in [-0.2, 0) is 0 Å². The molecule has 0 atom stereocenters. The third-order valence-electron chi connectivity index (χ3n) is 4.39. The lowest BCUT2D eigenvalue weighted by atomic mass is 9.97. The molecule has 0 spiro atoms. The molecule has 4 rings (SSSR count). The van der Waals surface area contributed by atoms with Gasteiger partial charge in [-0.1, -0.05) is 71.8 Å². The Kier molecular flexibility index (Phi) is 3.62. The van der Waals surface area contributed by atoms with E-state index in [4.69, 9.17) is 4.98 Å². The zero-order valence-electron chi connectivity index (χ0n) is 14.0. The lowest BCUT2D eigenvalue weighted by molar-refractivity contribution is 1.38. The SMILES string of the molecule is Cc1ccc(-c2cc(-c3cccc(C)c3)nc3ccccc23)cc1. The van der Waals surface area contributed by atoms with Crippen molar-refractivity contribution in [3.63, 3.8) is 0 Å². The first kappa shape index (κ1) is 14.6. The van der Waals surface area contributed by atoms with Crippen molar-refractivity contribution in [1.29, 1.82) is 0 Å². The monoisotopic (exact) mass is 309 g/mol. The number of pyridine rings is 1. The van der Waals surface area contributed by atoms with Gasteiger partial charge in [0, 0.05) is 10.9 Å². The van der Waals surface area contributed by atoms with Gasteiger partial charge in [-0.2, -0.15) is 0 Å². The van der Waals surface area contributed by atoms with E-state index in [-0.39, 0.29) is 0 Å². The summed E-state index contributed by atoms with van der Waals surface area (Å²) in [6, 6.07) is 27.8. The fourth-order valence-corrected chi connectivity index (χ4v) is 3.10. The average Bonchev–Trinajstić information content (AvgIpc) is 2.61. The Morgan fingerprint density at radius 2 is 1.42 bits per heavy atom. The molecule has 116 valence electrons. The number of hydrogen-bond donors (Lipinski definition) is 0. The molecule has 1 nitrogen and oxygen atoms in total. The van der Waals surface area contributed by atoms with E-state index in [2.05, 4.69) is 86.6 Å². The zero-order valence-corrected chi connectivity index (χ0v) is 14.0. The van der Waals surface area contributed by atoms with Crippen molar-refractivity contribution in [3.05, 3.63) is 90.0 Å². The Bertz CT molecular complexity index is 1010. The maximum absolute atomic E-state index is 4.89. The Labute approximate surface area is 142 Å². The van der Waals surface area contributed by atoms with Crippen molar-refractivity contribution in [2.45, 2.75) is 13.8 Å². The number of nitrogens with zero attached hydrogens (tertiary/aromatic N) is 1. The summed E-state index contributed by atoms with van der Waals surface area (Å²) in [6.45, 7) is 4.23. The molecular formula is C23H19N. The number of fused-ring (bicyclic) bond motifs is 1. The summed E-state index contributed by atoms with van der Waals surface area (Å²) in [5.74, 6) is 0. The third kappa shape index (κ3) is 2.69. The summed E-state index contributed by atoms with van der Waals surface area (Å²) in [4.78, 5) is 4.89. The fourth-order valence-electron chi connectivity index (χ4n) is 3.10. The maximum Gasteiger partial charge on any atom is 0.0716 e. The second-order valence-corrected chi connectivity index (χ2v) is 6.31. The van der Waals surface area contributed by atoms with Crippen molar-refractivity contribution < 1.29 is 0 Å². The lowest BCUT2D eigenvalue weighted by Gasteiger charge is -2.11. The molecular weight excluding hydrogens is 290 g/mol. The molecule has 1 heteroatoms. The van der Waals surface area contributed by atoms with E-state index in [9.17, 15) is 0 Å². The second-order valence-electron chi connectivity index (χ2n) is 6.31. The highest BCUT2D eigenvalue weighted by molar-refractivity contribution is 5.96. The first-order chi connectivity index (χ1) is 11.7. The highest BCUT2D eigenvalue weighted by Gasteiger charge is 2.09. The van der Waals surface area contributed by atoms with E-state index in [0.717, 1.165) is 16.8 Å². The molecule has 0 unspecified atom stereocenters. The summed E-state index contributed by atoms with van der Waals surface area (Å²) < 4.78 is 0. The number of benzene rings is 3. The van der Waals surface area contributed by atoms with Crippen LogP contribution in [0.25, 0.3) is 33.3 Å². The first-order valence-electron chi connectivity index (χ1n) is 8.24. The summed E-state index contributed by atoms with van der Waals surface area (Å²) in [5.41, 5.74) is 8.20. The van der Waals surface area contributed by atoms with E-state index in [0.29, 0.717) is 0 Å². The van der Waals surface area contributed by atoms with Crippen LogP contribution in [0, 0.1) is 13.8 Å². The number of rotatable bonds is 2. The van der Waals surface area contributed by atoms with Crippen molar-refractivity contribution in [1.82, 2.24) is 4.98 Å². The highest BCUT2D eigenvalue weighted by Crippen LogP contribution is 2.32. The van der Waals surface area contributed by atoms with E-state index in [1.165, 1.54) is 27.6 Å².